The first-order valence-corrected chi connectivity index (χ1v) is 8.51. The molecule has 104 valence electrons. The van der Waals surface area contributed by atoms with Gasteiger partial charge in [0, 0.05) is 16.2 Å². The number of thioether (sulfide) groups is 2. The first-order chi connectivity index (χ1) is 9.17. The lowest BCUT2D eigenvalue weighted by Crippen LogP contribution is -2.31. The molecule has 3 nitrogen and oxygen atoms in total. The van der Waals surface area contributed by atoms with Crippen molar-refractivity contribution in [2.45, 2.75) is 30.0 Å². The van der Waals surface area contributed by atoms with Gasteiger partial charge in [-0.05, 0) is 31.1 Å². The Labute approximate surface area is 123 Å². The summed E-state index contributed by atoms with van der Waals surface area (Å²) < 4.78 is 0. The summed E-state index contributed by atoms with van der Waals surface area (Å²) >= 11 is 3.30. The number of aliphatic hydroxyl groups is 1. The number of aliphatic hydroxyl groups excluding tert-OH is 1. The number of anilines is 1. The highest BCUT2D eigenvalue weighted by Gasteiger charge is 2.17. The largest absolute Gasteiger partial charge is 0.395 e. The molecule has 0 amide bonds. The van der Waals surface area contributed by atoms with Crippen molar-refractivity contribution in [2.24, 2.45) is 0 Å². The van der Waals surface area contributed by atoms with E-state index in [2.05, 4.69) is 18.3 Å². The van der Waals surface area contributed by atoms with Crippen LogP contribution in [0, 0.1) is 11.3 Å². The summed E-state index contributed by atoms with van der Waals surface area (Å²) in [6.07, 6.45) is 1.98. The van der Waals surface area contributed by atoms with Crippen LogP contribution in [0.4, 0.5) is 5.69 Å². The van der Waals surface area contributed by atoms with Crippen molar-refractivity contribution in [1.29, 1.82) is 5.26 Å². The van der Waals surface area contributed by atoms with E-state index in [0.29, 0.717) is 5.56 Å². The predicted octanol–water partition coefficient (Wildman–Crippen LogP) is 3.19. The van der Waals surface area contributed by atoms with E-state index in [0.717, 1.165) is 16.3 Å². The summed E-state index contributed by atoms with van der Waals surface area (Å²) in [4.78, 5) is 1.01. The van der Waals surface area contributed by atoms with Crippen molar-refractivity contribution >= 4 is 29.2 Å². The van der Waals surface area contributed by atoms with E-state index >= 15 is 0 Å². The van der Waals surface area contributed by atoms with Crippen LogP contribution in [-0.4, -0.2) is 35.0 Å². The van der Waals surface area contributed by atoms with Gasteiger partial charge in [0.05, 0.1) is 17.9 Å². The maximum atomic E-state index is 9.33. The highest BCUT2D eigenvalue weighted by Crippen LogP contribution is 2.29. The van der Waals surface area contributed by atoms with Gasteiger partial charge in [0.1, 0.15) is 6.07 Å². The molecular weight excluding hydrogens is 276 g/mol. The van der Waals surface area contributed by atoms with Gasteiger partial charge >= 0.3 is 0 Å². The highest BCUT2D eigenvalue weighted by molar-refractivity contribution is 7.99. The maximum absolute atomic E-state index is 9.33. The Balaban J connectivity index is 2.95. The minimum Gasteiger partial charge on any atom is -0.395 e. The van der Waals surface area contributed by atoms with Crippen LogP contribution in [0.15, 0.2) is 23.1 Å². The molecule has 19 heavy (non-hydrogen) atoms. The van der Waals surface area contributed by atoms with Crippen LogP contribution >= 0.6 is 23.5 Å². The standard InChI is InChI=1S/C14H20N2OS2/c1-4-19-13-7-5-6-12(11(13)8-15)16-10(2)14(9-17)18-3/h5-7,10,14,16-17H,4,9H2,1-3H3. The molecule has 0 aliphatic heterocycles. The Morgan fingerprint density at radius 1 is 1.47 bits per heavy atom. The third-order valence-corrected chi connectivity index (χ3v) is 4.96. The van der Waals surface area contributed by atoms with E-state index in [1.165, 1.54) is 0 Å². The van der Waals surface area contributed by atoms with Gasteiger partial charge in [-0.3, -0.25) is 0 Å². The lowest BCUT2D eigenvalue weighted by atomic mass is 10.1. The lowest BCUT2D eigenvalue weighted by molar-refractivity contribution is 0.288. The quantitative estimate of drug-likeness (QED) is 0.757. The Bertz CT molecular complexity index is 442. The fraction of sp³-hybridized carbons (Fsp3) is 0.500. The van der Waals surface area contributed by atoms with Gasteiger partial charge in [-0.2, -0.15) is 17.0 Å². The molecule has 0 bridgehead atoms. The predicted molar refractivity (Wildman–Crippen MR) is 85.0 cm³/mol. The minimum absolute atomic E-state index is 0.106. The van der Waals surface area contributed by atoms with Crippen molar-refractivity contribution in [1.82, 2.24) is 0 Å². The molecule has 2 unspecified atom stereocenters. The van der Waals surface area contributed by atoms with Gasteiger partial charge in [0.25, 0.3) is 0 Å². The summed E-state index contributed by atoms with van der Waals surface area (Å²) in [5, 5.41) is 22.1. The Morgan fingerprint density at radius 3 is 2.74 bits per heavy atom. The van der Waals surface area contributed by atoms with Crippen molar-refractivity contribution < 1.29 is 5.11 Å². The van der Waals surface area contributed by atoms with Crippen molar-refractivity contribution in [2.75, 3.05) is 23.9 Å². The van der Waals surface area contributed by atoms with E-state index in [1.54, 1.807) is 23.5 Å². The zero-order valence-corrected chi connectivity index (χ0v) is 13.1. The summed E-state index contributed by atoms with van der Waals surface area (Å²) in [5.41, 5.74) is 1.54. The normalized spacial score (nSPS) is 13.6. The van der Waals surface area contributed by atoms with Crippen LogP contribution in [0.25, 0.3) is 0 Å². The van der Waals surface area contributed by atoms with Gasteiger partial charge < -0.3 is 10.4 Å². The second kappa shape index (κ2) is 8.36. The summed E-state index contributed by atoms with van der Waals surface area (Å²) in [6, 6.07) is 8.23. The third-order valence-electron chi connectivity index (χ3n) is 2.86. The fourth-order valence-corrected chi connectivity index (χ4v) is 3.23. The maximum Gasteiger partial charge on any atom is 0.102 e. The first kappa shape index (κ1) is 16.2. The average Bonchev–Trinajstić information content (AvgIpc) is 2.41. The fourth-order valence-electron chi connectivity index (χ4n) is 1.82. The summed E-state index contributed by atoms with van der Waals surface area (Å²) in [6.45, 7) is 4.23. The van der Waals surface area contributed by atoms with Crippen LogP contribution in [0.5, 0.6) is 0 Å². The zero-order valence-electron chi connectivity index (χ0n) is 11.5. The van der Waals surface area contributed by atoms with Gasteiger partial charge in [-0.15, -0.1) is 11.8 Å². The second-order valence-corrected chi connectivity index (χ2v) is 6.50. The zero-order chi connectivity index (χ0) is 14.3. The minimum atomic E-state index is 0.106. The van der Waals surface area contributed by atoms with E-state index < -0.39 is 0 Å². The van der Waals surface area contributed by atoms with Gasteiger partial charge in [-0.1, -0.05) is 13.0 Å². The average molecular weight is 296 g/mol. The van der Waals surface area contributed by atoms with E-state index in [4.69, 9.17) is 0 Å². The molecule has 2 N–H and O–H groups in total. The molecule has 0 heterocycles. The van der Waals surface area contributed by atoms with Crippen LogP contribution in [0.3, 0.4) is 0 Å². The van der Waals surface area contributed by atoms with Crippen LogP contribution in [-0.2, 0) is 0 Å². The molecule has 5 heteroatoms. The number of nitrogens with zero attached hydrogens (tertiary/aromatic N) is 1. The number of nitrogens with one attached hydrogen (secondary N) is 1. The molecule has 0 saturated heterocycles. The van der Waals surface area contributed by atoms with E-state index in [-0.39, 0.29) is 17.9 Å². The smallest absolute Gasteiger partial charge is 0.102 e. The monoisotopic (exact) mass is 296 g/mol. The Morgan fingerprint density at radius 2 is 2.21 bits per heavy atom. The van der Waals surface area contributed by atoms with Crippen LogP contribution in [0.2, 0.25) is 0 Å². The Hall–Kier alpha value is -0.830. The molecule has 0 aliphatic rings. The van der Waals surface area contributed by atoms with Gasteiger partial charge in [-0.25, -0.2) is 0 Å². The number of hydrogen-bond donors (Lipinski definition) is 2. The second-order valence-electron chi connectivity index (χ2n) is 4.11. The molecule has 0 aliphatic carbocycles. The van der Waals surface area contributed by atoms with Crippen molar-refractivity contribution in [3.63, 3.8) is 0 Å². The molecule has 2 atom stereocenters. The van der Waals surface area contributed by atoms with Crippen LogP contribution < -0.4 is 5.32 Å². The summed E-state index contributed by atoms with van der Waals surface area (Å²) in [5.74, 6) is 0.942. The number of benzene rings is 1. The molecule has 0 aromatic heterocycles. The first-order valence-electron chi connectivity index (χ1n) is 6.24. The van der Waals surface area contributed by atoms with Gasteiger partial charge in [0.15, 0.2) is 0 Å². The Kier molecular flexibility index (Phi) is 7.14. The number of rotatable bonds is 7. The van der Waals surface area contributed by atoms with Crippen molar-refractivity contribution in [3.05, 3.63) is 23.8 Å². The van der Waals surface area contributed by atoms with E-state index in [1.807, 2.05) is 31.4 Å². The van der Waals surface area contributed by atoms with Crippen molar-refractivity contribution in [3.8, 4) is 6.07 Å². The molecule has 0 radical (unpaired) electrons. The molecule has 0 saturated carbocycles. The lowest BCUT2D eigenvalue weighted by Gasteiger charge is -2.23. The number of nitriles is 1. The van der Waals surface area contributed by atoms with Crippen LogP contribution in [0.1, 0.15) is 19.4 Å². The molecular formula is C14H20N2OS2. The molecule has 0 fully saturated rings. The molecule has 1 aromatic carbocycles. The molecule has 1 aromatic rings. The molecule has 1 rings (SSSR count). The number of hydrogen-bond acceptors (Lipinski definition) is 5. The summed E-state index contributed by atoms with van der Waals surface area (Å²) in [7, 11) is 0. The van der Waals surface area contributed by atoms with E-state index in [9.17, 15) is 10.4 Å². The molecule has 0 spiro atoms. The topological polar surface area (TPSA) is 56.0 Å². The SMILES string of the molecule is CCSc1cccc(NC(C)C(CO)SC)c1C#N. The highest BCUT2D eigenvalue weighted by atomic mass is 32.2. The van der Waals surface area contributed by atoms with Gasteiger partial charge in [0.2, 0.25) is 0 Å². The third kappa shape index (κ3) is 4.34.